The van der Waals surface area contributed by atoms with Crippen molar-refractivity contribution in [2.75, 3.05) is 60.2 Å². The van der Waals surface area contributed by atoms with E-state index < -0.39 is 0 Å². The molecule has 0 radical (unpaired) electrons. The first-order chi connectivity index (χ1) is 13.1. The molecule has 27 heavy (non-hydrogen) atoms. The van der Waals surface area contributed by atoms with Gasteiger partial charge in [-0.2, -0.15) is 0 Å². The molecule has 0 bridgehead atoms. The Labute approximate surface area is 163 Å². The molecular formula is C22H34N2O3. The van der Waals surface area contributed by atoms with Crippen LogP contribution in [-0.4, -0.2) is 75.9 Å². The Hall–Kier alpha value is -1.43. The third-order valence-corrected chi connectivity index (χ3v) is 6.58. The number of rotatable bonds is 7. The van der Waals surface area contributed by atoms with Gasteiger partial charge in [-0.15, -0.1) is 0 Å². The molecule has 1 spiro atoms. The van der Waals surface area contributed by atoms with Crippen LogP contribution in [0.5, 0.6) is 0 Å². The maximum atomic E-state index is 12.8. The average Bonchev–Trinajstić information content (AvgIpc) is 2.99. The number of likely N-dealkylation sites (tertiary alicyclic amines) is 2. The lowest BCUT2D eigenvalue weighted by Gasteiger charge is -2.42. The molecule has 2 fully saturated rings. The summed E-state index contributed by atoms with van der Waals surface area (Å²) < 4.78 is 10.8. The molecule has 0 saturated carbocycles. The summed E-state index contributed by atoms with van der Waals surface area (Å²) in [6, 6.07) is 8.19. The third kappa shape index (κ3) is 4.71. The van der Waals surface area contributed by atoms with Gasteiger partial charge in [-0.3, -0.25) is 4.79 Å². The second-order valence-electron chi connectivity index (χ2n) is 8.23. The zero-order chi connectivity index (χ0) is 19.3. The first-order valence-electron chi connectivity index (χ1n) is 10.1. The Morgan fingerprint density at radius 2 is 1.93 bits per heavy atom. The molecule has 5 heteroatoms. The molecule has 1 atom stereocenters. The molecule has 1 aromatic rings. The summed E-state index contributed by atoms with van der Waals surface area (Å²) >= 11 is 0. The van der Waals surface area contributed by atoms with Crippen LogP contribution in [-0.2, 0) is 20.7 Å². The van der Waals surface area contributed by atoms with E-state index in [1.54, 1.807) is 14.2 Å². The van der Waals surface area contributed by atoms with E-state index in [2.05, 4.69) is 28.9 Å². The fourth-order valence-electron chi connectivity index (χ4n) is 4.82. The van der Waals surface area contributed by atoms with E-state index in [-0.39, 0.29) is 11.3 Å². The molecule has 1 aromatic carbocycles. The highest BCUT2D eigenvalue weighted by atomic mass is 16.5. The number of ether oxygens (including phenoxy) is 2. The van der Waals surface area contributed by atoms with Gasteiger partial charge in [0.2, 0.25) is 5.91 Å². The summed E-state index contributed by atoms with van der Waals surface area (Å²) in [5.41, 5.74) is 2.62. The van der Waals surface area contributed by atoms with Gasteiger partial charge >= 0.3 is 0 Å². The van der Waals surface area contributed by atoms with Crippen molar-refractivity contribution >= 4 is 5.91 Å². The second kappa shape index (κ2) is 9.18. The quantitative estimate of drug-likeness (QED) is 0.735. The molecule has 150 valence electrons. The van der Waals surface area contributed by atoms with Gasteiger partial charge in [0.25, 0.3) is 0 Å². The van der Waals surface area contributed by atoms with Crippen LogP contribution < -0.4 is 0 Å². The summed E-state index contributed by atoms with van der Waals surface area (Å²) in [5, 5.41) is 0. The minimum absolute atomic E-state index is 0.261. The van der Waals surface area contributed by atoms with Crippen LogP contribution in [0.2, 0.25) is 0 Å². The van der Waals surface area contributed by atoms with Crippen LogP contribution in [0, 0.1) is 18.3 Å². The van der Waals surface area contributed by atoms with Gasteiger partial charge in [0.05, 0.1) is 19.6 Å². The maximum Gasteiger partial charge on any atom is 0.226 e. The second-order valence-corrected chi connectivity index (χ2v) is 8.23. The Morgan fingerprint density at radius 1 is 1.19 bits per heavy atom. The lowest BCUT2D eigenvalue weighted by Crippen LogP contribution is -2.47. The molecule has 2 aliphatic rings. The van der Waals surface area contributed by atoms with Gasteiger partial charge in [0.15, 0.2) is 0 Å². The zero-order valence-corrected chi connectivity index (χ0v) is 17.1. The highest BCUT2D eigenvalue weighted by molar-refractivity contribution is 5.79. The van der Waals surface area contributed by atoms with Crippen LogP contribution in [0.25, 0.3) is 0 Å². The largest absolute Gasteiger partial charge is 0.384 e. The molecule has 2 aliphatic heterocycles. The van der Waals surface area contributed by atoms with Crippen LogP contribution >= 0.6 is 0 Å². The summed E-state index contributed by atoms with van der Waals surface area (Å²) in [7, 11) is 3.56. The molecule has 3 rings (SSSR count). The SMILES string of the molecule is COCCN1C[C@H](COC)C2(CCN(C(=O)Cc3ccccc3C)CC2)C1. The van der Waals surface area contributed by atoms with E-state index in [0.29, 0.717) is 12.3 Å². The Kier molecular flexibility index (Phi) is 6.90. The molecule has 0 aromatic heterocycles. The smallest absolute Gasteiger partial charge is 0.226 e. The van der Waals surface area contributed by atoms with Crippen molar-refractivity contribution < 1.29 is 14.3 Å². The number of carbonyl (C=O) groups is 1. The maximum absolute atomic E-state index is 12.8. The van der Waals surface area contributed by atoms with Crippen molar-refractivity contribution in [2.24, 2.45) is 11.3 Å². The first kappa shape index (κ1) is 20.3. The van der Waals surface area contributed by atoms with Crippen LogP contribution in [0.15, 0.2) is 24.3 Å². The molecule has 2 saturated heterocycles. The van der Waals surface area contributed by atoms with Gasteiger partial charge in [0, 0.05) is 52.9 Å². The van der Waals surface area contributed by atoms with Gasteiger partial charge < -0.3 is 19.3 Å². The number of benzene rings is 1. The van der Waals surface area contributed by atoms with Gasteiger partial charge in [0.1, 0.15) is 0 Å². The van der Waals surface area contributed by atoms with Crippen LogP contribution in [0.4, 0.5) is 0 Å². The van der Waals surface area contributed by atoms with Gasteiger partial charge in [-0.25, -0.2) is 0 Å². The Balaban J connectivity index is 1.59. The molecule has 0 N–H and O–H groups in total. The van der Waals surface area contributed by atoms with Crippen molar-refractivity contribution in [1.82, 2.24) is 9.80 Å². The summed E-state index contributed by atoms with van der Waals surface area (Å²) in [6.07, 6.45) is 2.66. The molecule has 0 unspecified atom stereocenters. The summed E-state index contributed by atoms with van der Waals surface area (Å²) in [4.78, 5) is 17.4. The Morgan fingerprint density at radius 3 is 2.59 bits per heavy atom. The predicted octanol–water partition coefficient (Wildman–Crippen LogP) is 2.37. The van der Waals surface area contributed by atoms with Crippen LogP contribution in [0.1, 0.15) is 24.0 Å². The number of hydrogen-bond donors (Lipinski definition) is 0. The van der Waals surface area contributed by atoms with Crippen molar-refractivity contribution in [1.29, 1.82) is 0 Å². The standard InChI is InChI=1S/C22H34N2O3/c1-18-6-4-5-7-19(18)14-21(25)24-10-8-22(9-11-24)17-23(12-13-26-2)15-20(22)16-27-3/h4-7,20H,8-17H2,1-3H3/t20-/m1/s1. The van der Waals surface area contributed by atoms with E-state index in [1.807, 2.05) is 12.1 Å². The highest BCUT2D eigenvalue weighted by Crippen LogP contribution is 2.44. The topological polar surface area (TPSA) is 42.0 Å². The molecule has 0 aliphatic carbocycles. The summed E-state index contributed by atoms with van der Waals surface area (Å²) in [6.45, 7) is 8.55. The highest BCUT2D eigenvalue weighted by Gasteiger charge is 2.48. The van der Waals surface area contributed by atoms with E-state index >= 15 is 0 Å². The van der Waals surface area contributed by atoms with E-state index in [9.17, 15) is 4.79 Å². The average molecular weight is 375 g/mol. The van der Waals surface area contributed by atoms with E-state index in [0.717, 1.165) is 64.3 Å². The number of amides is 1. The monoisotopic (exact) mass is 374 g/mol. The number of methoxy groups -OCH3 is 2. The van der Waals surface area contributed by atoms with Crippen molar-refractivity contribution in [2.45, 2.75) is 26.2 Å². The molecule has 2 heterocycles. The third-order valence-electron chi connectivity index (χ3n) is 6.58. The van der Waals surface area contributed by atoms with Crippen LogP contribution in [0.3, 0.4) is 0 Å². The fraction of sp³-hybridized carbons (Fsp3) is 0.682. The first-order valence-corrected chi connectivity index (χ1v) is 10.1. The molecule has 1 amide bonds. The minimum atomic E-state index is 0.261. The number of aryl methyl sites for hydroxylation is 1. The van der Waals surface area contributed by atoms with Crippen molar-refractivity contribution in [3.63, 3.8) is 0 Å². The number of nitrogens with zero attached hydrogens (tertiary/aromatic N) is 2. The van der Waals surface area contributed by atoms with E-state index in [1.165, 1.54) is 5.56 Å². The molecule has 5 nitrogen and oxygen atoms in total. The predicted molar refractivity (Wildman–Crippen MR) is 107 cm³/mol. The van der Waals surface area contributed by atoms with Crippen molar-refractivity contribution in [3.8, 4) is 0 Å². The van der Waals surface area contributed by atoms with Crippen molar-refractivity contribution in [3.05, 3.63) is 35.4 Å². The fourth-order valence-corrected chi connectivity index (χ4v) is 4.82. The lowest BCUT2D eigenvalue weighted by atomic mass is 9.71. The lowest BCUT2D eigenvalue weighted by molar-refractivity contribution is -0.133. The normalized spacial score (nSPS) is 22.5. The van der Waals surface area contributed by atoms with Gasteiger partial charge in [-0.1, -0.05) is 24.3 Å². The number of hydrogen-bond acceptors (Lipinski definition) is 4. The van der Waals surface area contributed by atoms with Gasteiger partial charge in [-0.05, 0) is 36.3 Å². The van der Waals surface area contributed by atoms with E-state index in [4.69, 9.17) is 9.47 Å². The molecular weight excluding hydrogens is 340 g/mol. The number of carbonyl (C=O) groups excluding carboxylic acids is 1. The zero-order valence-electron chi connectivity index (χ0n) is 17.1. The number of piperidine rings is 1. The minimum Gasteiger partial charge on any atom is -0.384 e. The Bertz CT molecular complexity index is 626. The summed E-state index contributed by atoms with van der Waals surface area (Å²) in [5.74, 6) is 0.810.